The van der Waals surface area contributed by atoms with Crippen LogP contribution in [0.1, 0.15) is 16.8 Å². The summed E-state index contributed by atoms with van der Waals surface area (Å²) >= 11 is 1.75. The van der Waals surface area contributed by atoms with E-state index in [0.29, 0.717) is 5.82 Å². The fourth-order valence-corrected chi connectivity index (χ4v) is 2.82. The number of carbonyl (C=O) groups is 2. The van der Waals surface area contributed by atoms with Crippen LogP contribution in [0.2, 0.25) is 0 Å². The van der Waals surface area contributed by atoms with Crippen molar-refractivity contribution in [2.75, 3.05) is 16.8 Å². The number of carboxylic acid groups (broad SMARTS) is 1. The minimum absolute atomic E-state index is 0.00952. The van der Waals surface area contributed by atoms with Crippen LogP contribution in [-0.2, 0) is 4.79 Å². The van der Waals surface area contributed by atoms with E-state index < -0.39 is 5.97 Å². The summed E-state index contributed by atoms with van der Waals surface area (Å²) in [5, 5.41) is 11.5. The second-order valence-electron chi connectivity index (χ2n) is 3.78. The Morgan fingerprint density at radius 1 is 1.53 bits per heavy atom. The van der Waals surface area contributed by atoms with Gasteiger partial charge in [0.05, 0.1) is 5.56 Å². The molecule has 1 saturated heterocycles. The standard InChI is InChI=1S/C11H12N2O3S/c14-10(8-2-4-17-6-8)13-9-5-7(11(15)16)1-3-12-9/h1,3,5,8H,2,4,6H2,(H,15,16)(H,12,13,14). The molecule has 90 valence electrons. The van der Waals surface area contributed by atoms with Crippen LogP contribution < -0.4 is 5.32 Å². The van der Waals surface area contributed by atoms with Gasteiger partial charge in [0.2, 0.25) is 5.91 Å². The van der Waals surface area contributed by atoms with E-state index in [9.17, 15) is 9.59 Å². The van der Waals surface area contributed by atoms with Gasteiger partial charge in [-0.25, -0.2) is 9.78 Å². The molecule has 1 aromatic heterocycles. The molecule has 0 radical (unpaired) electrons. The minimum atomic E-state index is -1.03. The third-order valence-electron chi connectivity index (χ3n) is 2.56. The fourth-order valence-electron chi connectivity index (χ4n) is 1.60. The lowest BCUT2D eigenvalue weighted by Gasteiger charge is -2.09. The van der Waals surface area contributed by atoms with Crippen LogP contribution in [0, 0.1) is 5.92 Å². The molecule has 0 aliphatic carbocycles. The number of carboxylic acids is 1. The Morgan fingerprint density at radius 3 is 3.00 bits per heavy atom. The Labute approximate surface area is 103 Å². The lowest BCUT2D eigenvalue weighted by atomic mass is 10.1. The molecule has 1 fully saturated rings. The predicted octanol–water partition coefficient (Wildman–Crippen LogP) is 1.47. The Balaban J connectivity index is 2.05. The van der Waals surface area contributed by atoms with Gasteiger partial charge in [-0.05, 0) is 24.3 Å². The highest BCUT2D eigenvalue weighted by molar-refractivity contribution is 7.99. The summed E-state index contributed by atoms with van der Waals surface area (Å²) in [5.74, 6) is 1.02. The van der Waals surface area contributed by atoms with Crippen LogP contribution in [0.15, 0.2) is 18.3 Å². The van der Waals surface area contributed by atoms with Gasteiger partial charge in [-0.1, -0.05) is 0 Å². The number of rotatable bonds is 3. The predicted molar refractivity (Wildman–Crippen MR) is 65.3 cm³/mol. The first-order chi connectivity index (χ1) is 8.16. The van der Waals surface area contributed by atoms with Gasteiger partial charge >= 0.3 is 5.97 Å². The molecule has 2 heterocycles. The van der Waals surface area contributed by atoms with Crippen molar-refractivity contribution < 1.29 is 14.7 Å². The van der Waals surface area contributed by atoms with Crippen LogP contribution in [0.5, 0.6) is 0 Å². The third kappa shape index (κ3) is 2.97. The second-order valence-corrected chi connectivity index (χ2v) is 4.93. The van der Waals surface area contributed by atoms with E-state index in [1.165, 1.54) is 18.3 Å². The van der Waals surface area contributed by atoms with E-state index in [1.54, 1.807) is 11.8 Å². The lowest BCUT2D eigenvalue weighted by Crippen LogP contribution is -2.23. The highest BCUT2D eigenvalue weighted by Crippen LogP contribution is 2.24. The summed E-state index contributed by atoms with van der Waals surface area (Å²) in [4.78, 5) is 26.5. The summed E-state index contributed by atoms with van der Waals surface area (Å²) in [6, 6.07) is 2.76. The molecule has 5 nitrogen and oxygen atoms in total. The average molecular weight is 252 g/mol. The molecule has 0 saturated carbocycles. The van der Waals surface area contributed by atoms with Gasteiger partial charge in [-0.3, -0.25) is 4.79 Å². The van der Waals surface area contributed by atoms with Crippen molar-refractivity contribution >= 4 is 29.5 Å². The topological polar surface area (TPSA) is 79.3 Å². The van der Waals surface area contributed by atoms with Gasteiger partial charge in [0.25, 0.3) is 0 Å². The molecular formula is C11H12N2O3S. The summed E-state index contributed by atoms with van der Waals surface area (Å²) < 4.78 is 0. The monoisotopic (exact) mass is 252 g/mol. The Bertz CT molecular complexity index is 444. The quantitative estimate of drug-likeness (QED) is 0.851. The number of hydrogen-bond donors (Lipinski definition) is 2. The zero-order chi connectivity index (χ0) is 12.3. The van der Waals surface area contributed by atoms with Crippen LogP contribution in [0.4, 0.5) is 5.82 Å². The maximum atomic E-state index is 11.8. The molecule has 1 unspecified atom stereocenters. The van der Waals surface area contributed by atoms with Crippen molar-refractivity contribution in [3.8, 4) is 0 Å². The molecule has 0 aromatic carbocycles. The number of carbonyl (C=O) groups excluding carboxylic acids is 1. The molecule has 1 aromatic rings. The summed E-state index contributed by atoms with van der Waals surface area (Å²) in [7, 11) is 0. The Hall–Kier alpha value is -1.56. The smallest absolute Gasteiger partial charge is 0.335 e. The van der Waals surface area contributed by atoms with Crippen molar-refractivity contribution in [1.29, 1.82) is 0 Å². The van der Waals surface area contributed by atoms with Gasteiger partial charge in [0.15, 0.2) is 0 Å². The number of amides is 1. The van der Waals surface area contributed by atoms with Crippen molar-refractivity contribution in [1.82, 2.24) is 4.98 Å². The highest BCUT2D eigenvalue weighted by atomic mass is 32.2. The van der Waals surface area contributed by atoms with Gasteiger partial charge in [-0.2, -0.15) is 11.8 Å². The maximum absolute atomic E-state index is 11.8. The minimum Gasteiger partial charge on any atom is -0.478 e. The van der Waals surface area contributed by atoms with Crippen LogP contribution >= 0.6 is 11.8 Å². The molecule has 1 atom stereocenters. The first-order valence-electron chi connectivity index (χ1n) is 5.25. The van der Waals surface area contributed by atoms with Crippen LogP contribution in [0.3, 0.4) is 0 Å². The molecule has 2 N–H and O–H groups in total. The molecule has 1 aliphatic rings. The van der Waals surface area contributed by atoms with Crippen molar-refractivity contribution in [2.45, 2.75) is 6.42 Å². The molecule has 2 rings (SSSR count). The largest absolute Gasteiger partial charge is 0.478 e. The van der Waals surface area contributed by atoms with Crippen molar-refractivity contribution in [3.63, 3.8) is 0 Å². The van der Waals surface area contributed by atoms with Crippen LogP contribution in [0.25, 0.3) is 0 Å². The number of thioether (sulfide) groups is 1. The summed E-state index contributed by atoms with van der Waals surface area (Å²) in [5.41, 5.74) is 0.121. The molecular weight excluding hydrogens is 240 g/mol. The van der Waals surface area contributed by atoms with E-state index >= 15 is 0 Å². The average Bonchev–Trinajstić information content (AvgIpc) is 2.82. The Kier molecular flexibility index (Phi) is 3.63. The van der Waals surface area contributed by atoms with E-state index in [0.717, 1.165) is 17.9 Å². The third-order valence-corrected chi connectivity index (χ3v) is 3.72. The lowest BCUT2D eigenvalue weighted by molar-refractivity contribution is -0.119. The molecule has 1 aliphatic heterocycles. The summed E-state index contributed by atoms with van der Waals surface area (Å²) in [6.07, 6.45) is 2.25. The number of aromatic nitrogens is 1. The zero-order valence-corrected chi connectivity index (χ0v) is 9.87. The van der Waals surface area contributed by atoms with Gasteiger partial charge in [0.1, 0.15) is 5.82 Å². The number of aromatic carboxylic acids is 1. The molecule has 0 bridgehead atoms. The fraction of sp³-hybridized carbons (Fsp3) is 0.364. The normalized spacial score (nSPS) is 18.9. The number of nitrogens with one attached hydrogen (secondary N) is 1. The van der Waals surface area contributed by atoms with Gasteiger partial charge in [-0.15, -0.1) is 0 Å². The second kappa shape index (κ2) is 5.18. The van der Waals surface area contributed by atoms with E-state index in [4.69, 9.17) is 5.11 Å². The van der Waals surface area contributed by atoms with Crippen molar-refractivity contribution in [3.05, 3.63) is 23.9 Å². The van der Waals surface area contributed by atoms with E-state index in [-0.39, 0.29) is 17.4 Å². The van der Waals surface area contributed by atoms with Gasteiger partial charge in [0, 0.05) is 17.9 Å². The first kappa shape index (κ1) is 11.9. The first-order valence-corrected chi connectivity index (χ1v) is 6.40. The number of hydrogen-bond acceptors (Lipinski definition) is 4. The number of nitrogens with zero attached hydrogens (tertiary/aromatic N) is 1. The zero-order valence-electron chi connectivity index (χ0n) is 9.05. The molecule has 17 heavy (non-hydrogen) atoms. The van der Waals surface area contributed by atoms with Crippen LogP contribution in [-0.4, -0.2) is 33.5 Å². The molecule has 1 amide bonds. The van der Waals surface area contributed by atoms with E-state index in [2.05, 4.69) is 10.3 Å². The molecule has 0 spiro atoms. The highest BCUT2D eigenvalue weighted by Gasteiger charge is 2.23. The molecule has 6 heteroatoms. The van der Waals surface area contributed by atoms with Crippen molar-refractivity contribution in [2.24, 2.45) is 5.92 Å². The number of pyridine rings is 1. The van der Waals surface area contributed by atoms with E-state index in [1.807, 2.05) is 0 Å². The Morgan fingerprint density at radius 2 is 2.35 bits per heavy atom. The van der Waals surface area contributed by atoms with Gasteiger partial charge < -0.3 is 10.4 Å². The SMILES string of the molecule is O=C(O)c1ccnc(NC(=O)C2CCSC2)c1. The summed E-state index contributed by atoms with van der Waals surface area (Å²) in [6.45, 7) is 0. The number of anilines is 1. The maximum Gasteiger partial charge on any atom is 0.335 e.